The lowest BCUT2D eigenvalue weighted by molar-refractivity contribution is -0.116. The minimum atomic E-state index is -0.309. The number of fused-ring (bicyclic) bond motifs is 1. The normalized spacial score (nSPS) is 17.2. The number of ether oxygens (including phenoxy) is 1. The topological polar surface area (TPSA) is 55.4 Å². The number of hydrogen-bond acceptors (Lipinski definition) is 4. The molecule has 1 aromatic heterocycles. The van der Waals surface area contributed by atoms with Crippen molar-refractivity contribution in [1.29, 1.82) is 0 Å². The summed E-state index contributed by atoms with van der Waals surface area (Å²) >= 11 is 1.54. The zero-order valence-corrected chi connectivity index (χ0v) is 13.8. The molecule has 1 unspecified atom stereocenters. The lowest BCUT2D eigenvalue weighted by Crippen LogP contribution is -2.16. The van der Waals surface area contributed by atoms with E-state index < -0.39 is 0 Å². The maximum absolute atomic E-state index is 12.3. The van der Waals surface area contributed by atoms with Crippen LogP contribution in [0.5, 0.6) is 0 Å². The van der Waals surface area contributed by atoms with Gasteiger partial charge in [0.2, 0.25) is 5.91 Å². The van der Waals surface area contributed by atoms with E-state index in [4.69, 9.17) is 4.74 Å². The number of rotatable bonds is 5. The lowest BCUT2D eigenvalue weighted by atomic mass is 9.88. The van der Waals surface area contributed by atoms with Gasteiger partial charge in [0.1, 0.15) is 5.00 Å². The monoisotopic (exact) mass is 309 g/mol. The third-order valence-corrected chi connectivity index (χ3v) is 4.92. The minimum Gasteiger partial charge on any atom is -0.462 e. The highest BCUT2D eigenvalue weighted by atomic mass is 32.1. The van der Waals surface area contributed by atoms with Crippen molar-refractivity contribution in [3.05, 3.63) is 16.0 Å². The van der Waals surface area contributed by atoms with Gasteiger partial charge in [0.25, 0.3) is 0 Å². The highest BCUT2D eigenvalue weighted by Gasteiger charge is 2.29. The highest BCUT2D eigenvalue weighted by molar-refractivity contribution is 7.17. The molecule has 0 spiro atoms. The summed E-state index contributed by atoms with van der Waals surface area (Å²) in [5, 5.41) is 3.57. The zero-order chi connectivity index (χ0) is 15.4. The lowest BCUT2D eigenvalue weighted by Gasteiger charge is -2.18. The van der Waals surface area contributed by atoms with Crippen LogP contribution in [-0.2, 0) is 22.4 Å². The molecule has 116 valence electrons. The Morgan fingerprint density at radius 2 is 2.14 bits per heavy atom. The van der Waals surface area contributed by atoms with Crippen LogP contribution >= 0.6 is 11.3 Å². The first kappa shape index (κ1) is 16.0. The molecule has 0 saturated carbocycles. The molecule has 0 bridgehead atoms. The molecular formula is C16H23NO3S. The summed E-state index contributed by atoms with van der Waals surface area (Å²) in [4.78, 5) is 25.4. The molecule has 1 amide bonds. The van der Waals surface area contributed by atoms with Gasteiger partial charge in [-0.05, 0) is 44.1 Å². The predicted molar refractivity (Wildman–Crippen MR) is 85.0 cm³/mol. The van der Waals surface area contributed by atoms with Crippen molar-refractivity contribution in [2.45, 2.75) is 52.9 Å². The van der Waals surface area contributed by atoms with E-state index >= 15 is 0 Å². The number of esters is 1. The Balaban J connectivity index is 2.34. The Morgan fingerprint density at radius 1 is 1.38 bits per heavy atom. The molecular weight excluding hydrogens is 286 g/mol. The summed E-state index contributed by atoms with van der Waals surface area (Å²) in [7, 11) is 0. The SMILES string of the molecule is CCCC(=O)Nc1sc2c(c1C(=O)OCC)CC(C)CC2. The minimum absolute atomic E-state index is 0.0327. The predicted octanol–water partition coefficient (Wildman–Crippen LogP) is 3.79. The average Bonchev–Trinajstić information content (AvgIpc) is 2.76. The molecule has 1 N–H and O–H groups in total. The maximum atomic E-state index is 12.3. The zero-order valence-electron chi connectivity index (χ0n) is 13.0. The van der Waals surface area contributed by atoms with Crippen LogP contribution in [0.15, 0.2) is 0 Å². The van der Waals surface area contributed by atoms with Gasteiger partial charge in [-0.3, -0.25) is 4.79 Å². The Kier molecular flexibility index (Phi) is 5.39. The molecule has 0 fully saturated rings. The number of nitrogens with one attached hydrogen (secondary N) is 1. The van der Waals surface area contributed by atoms with Gasteiger partial charge in [0.15, 0.2) is 0 Å². The Labute approximate surface area is 129 Å². The summed E-state index contributed by atoms with van der Waals surface area (Å²) in [6, 6.07) is 0. The van der Waals surface area contributed by atoms with Crippen LogP contribution in [0.2, 0.25) is 0 Å². The second-order valence-electron chi connectivity index (χ2n) is 5.57. The Hall–Kier alpha value is -1.36. The smallest absolute Gasteiger partial charge is 0.341 e. The number of hydrogen-bond donors (Lipinski definition) is 1. The van der Waals surface area contributed by atoms with E-state index in [1.165, 1.54) is 16.2 Å². The fraction of sp³-hybridized carbons (Fsp3) is 0.625. The van der Waals surface area contributed by atoms with Crippen molar-refractivity contribution in [3.8, 4) is 0 Å². The summed E-state index contributed by atoms with van der Waals surface area (Å²) < 4.78 is 5.19. The van der Waals surface area contributed by atoms with Gasteiger partial charge in [-0.2, -0.15) is 0 Å². The van der Waals surface area contributed by atoms with Gasteiger partial charge in [0.05, 0.1) is 12.2 Å². The molecule has 0 saturated heterocycles. The fourth-order valence-corrected chi connectivity index (χ4v) is 3.93. The number of carbonyl (C=O) groups excluding carboxylic acids is 2. The molecule has 5 heteroatoms. The summed E-state index contributed by atoms with van der Waals surface area (Å²) in [6.45, 7) is 6.31. The first-order valence-electron chi connectivity index (χ1n) is 7.68. The molecule has 21 heavy (non-hydrogen) atoms. The van der Waals surface area contributed by atoms with Gasteiger partial charge in [-0.15, -0.1) is 11.3 Å². The maximum Gasteiger partial charge on any atom is 0.341 e. The number of thiophene rings is 1. The second-order valence-corrected chi connectivity index (χ2v) is 6.68. The number of amides is 1. The van der Waals surface area contributed by atoms with Crippen LogP contribution in [0.3, 0.4) is 0 Å². The standard InChI is InChI=1S/C16H23NO3S/c1-4-6-13(18)17-15-14(16(19)20-5-2)11-9-10(3)7-8-12(11)21-15/h10H,4-9H2,1-3H3,(H,17,18). The van der Waals surface area contributed by atoms with Crippen molar-refractivity contribution < 1.29 is 14.3 Å². The van der Waals surface area contributed by atoms with Gasteiger partial charge in [-0.25, -0.2) is 4.79 Å². The van der Waals surface area contributed by atoms with E-state index in [1.54, 1.807) is 6.92 Å². The van der Waals surface area contributed by atoms with Crippen molar-refractivity contribution in [3.63, 3.8) is 0 Å². The molecule has 4 nitrogen and oxygen atoms in total. The van der Waals surface area contributed by atoms with Crippen LogP contribution in [-0.4, -0.2) is 18.5 Å². The van der Waals surface area contributed by atoms with E-state index in [0.717, 1.165) is 31.2 Å². The third-order valence-electron chi connectivity index (χ3n) is 3.72. The van der Waals surface area contributed by atoms with Crippen LogP contribution in [0.4, 0.5) is 5.00 Å². The molecule has 1 atom stereocenters. The third kappa shape index (κ3) is 3.64. The average molecular weight is 309 g/mol. The molecule has 1 heterocycles. The van der Waals surface area contributed by atoms with Gasteiger partial charge in [-0.1, -0.05) is 13.8 Å². The van der Waals surface area contributed by atoms with Crippen molar-refractivity contribution >= 4 is 28.2 Å². The van der Waals surface area contributed by atoms with Gasteiger partial charge >= 0.3 is 5.97 Å². The van der Waals surface area contributed by atoms with E-state index in [9.17, 15) is 9.59 Å². The van der Waals surface area contributed by atoms with E-state index in [2.05, 4.69) is 12.2 Å². The van der Waals surface area contributed by atoms with E-state index in [0.29, 0.717) is 29.5 Å². The molecule has 1 aliphatic carbocycles. The number of anilines is 1. The quantitative estimate of drug-likeness (QED) is 0.842. The number of aryl methyl sites for hydroxylation is 1. The summed E-state index contributed by atoms with van der Waals surface area (Å²) in [5.41, 5.74) is 1.68. The van der Waals surface area contributed by atoms with Crippen molar-refractivity contribution in [2.24, 2.45) is 5.92 Å². The Bertz CT molecular complexity index is 536. The van der Waals surface area contributed by atoms with E-state index in [1.807, 2.05) is 6.92 Å². The molecule has 1 aromatic rings. The van der Waals surface area contributed by atoms with Crippen LogP contribution in [0.1, 0.15) is 60.8 Å². The summed E-state index contributed by atoms with van der Waals surface area (Å²) in [5.74, 6) is 0.227. The fourth-order valence-electron chi connectivity index (χ4n) is 2.68. The van der Waals surface area contributed by atoms with Crippen LogP contribution in [0, 0.1) is 5.92 Å². The molecule has 0 aromatic carbocycles. The first-order valence-corrected chi connectivity index (χ1v) is 8.49. The Morgan fingerprint density at radius 3 is 2.81 bits per heavy atom. The van der Waals surface area contributed by atoms with Crippen molar-refractivity contribution in [1.82, 2.24) is 0 Å². The van der Waals surface area contributed by atoms with Crippen LogP contribution < -0.4 is 5.32 Å². The molecule has 0 aliphatic heterocycles. The van der Waals surface area contributed by atoms with Gasteiger partial charge < -0.3 is 10.1 Å². The molecule has 0 radical (unpaired) electrons. The molecule has 2 rings (SSSR count). The second kappa shape index (κ2) is 7.07. The molecule has 1 aliphatic rings. The first-order chi connectivity index (χ1) is 10.1. The number of carbonyl (C=O) groups is 2. The van der Waals surface area contributed by atoms with Crippen LogP contribution in [0.25, 0.3) is 0 Å². The van der Waals surface area contributed by atoms with E-state index in [-0.39, 0.29) is 11.9 Å². The van der Waals surface area contributed by atoms with Crippen molar-refractivity contribution in [2.75, 3.05) is 11.9 Å². The highest BCUT2D eigenvalue weighted by Crippen LogP contribution is 2.40. The largest absolute Gasteiger partial charge is 0.462 e. The summed E-state index contributed by atoms with van der Waals surface area (Å²) in [6.07, 6.45) is 4.28. The van der Waals surface area contributed by atoms with Gasteiger partial charge in [0, 0.05) is 11.3 Å².